The van der Waals surface area contributed by atoms with Crippen molar-refractivity contribution in [2.75, 3.05) is 19.8 Å². The van der Waals surface area contributed by atoms with E-state index in [4.69, 9.17) is 23.9 Å². The van der Waals surface area contributed by atoms with Crippen molar-refractivity contribution in [3.8, 4) is 17.2 Å². The molecule has 0 aliphatic carbocycles. The number of rotatable bonds is 11. The van der Waals surface area contributed by atoms with E-state index in [1.54, 1.807) is 18.4 Å². The first-order valence-corrected chi connectivity index (χ1v) is 17.5. The largest absolute Gasteiger partial charge is 0.490 e. The van der Waals surface area contributed by atoms with Crippen LogP contribution in [0.4, 0.5) is 0 Å². The van der Waals surface area contributed by atoms with E-state index in [9.17, 15) is 9.59 Å². The minimum Gasteiger partial charge on any atom is -0.490 e. The molecule has 11 heteroatoms. The molecule has 4 aromatic rings. The molecule has 1 aliphatic rings. The van der Waals surface area contributed by atoms with Gasteiger partial charge in [0.1, 0.15) is 12.4 Å². The predicted molar refractivity (Wildman–Crippen MR) is 192 cm³/mol. The molecule has 2 heterocycles. The van der Waals surface area contributed by atoms with Gasteiger partial charge in [-0.15, -0.1) is 0 Å². The topological polar surface area (TPSA) is 88.4 Å². The summed E-state index contributed by atoms with van der Waals surface area (Å²) in [6.45, 7) is 8.88. The van der Waals surface area contributed by atoms with Gasteiger partial charge in [-0.3, -0.25) is 9.36 Å². The Morgan fingerprint density at radius 1 is 0.933 bits per heavy atom. The Kier molecular flexibility index (Phi) is 11.0. The van der Waals surface area contributed by atoms with Crippen LogP contribution in [-0.2, 0) is 16.1 Å². The van der Waals surface area contributed by atoms with Crippen molar-refractivity contribution >= 4 is 68.6 Å². The van der Waals surface area contributed by atoms with E-state index in [1.165, 1.54) is 11.3 Å². The monoisotopic (exact) mass is 850 g/mol. The fraction of sp³-hybridized carbons (Fsp3) is 0.265. The standard InChI is InChI=1S/C34H32I2N2O6S/c1-5-41-26-14-13-23(18-27(26)42-6-2)30-29(33(40)43-7-3)20(4)37-34-38(30)32(39)28(45-34)17-22-15-24(35)31(25(36)16-22)44-19-21-11-9-8-10-12-21/h8-18,30H,5-7,19H2,1-4H3/b28-17-/t30-/m0/s1. The van der Waals surface area contributed by atoms with Crippen molar-refractivity contribution in [3.05, 3.63) is 115 Å². The van der Waals surface area contributed by atoms with Crippen LogP contribution in [0.1, 0.15) is 50.4 Å². The van der Waals surface area contributed by atoms with Gasteiger partial charge in [0.25, 0.3) is 5.56 Å². The van der Waals surface area contributed by atoms with Gasteiger partial charge in [0, 0.05) is 0 Å². The summed E-state index contributed by atoms with van der Waals surface area (Å²) in [6, 6.07) is 18.7. The zero-order valence-corrected chi connectivity index (χ0v) is 30.4. The van der Waals surface area contributed by atoms with Crippen molar-refractivity contribution in [2.45, 2.75) is 40.3 Å². The van der Waals surface area contributed by atoms with Crippen LogP contribution in [0, 0.1) is 7.14 Å². The van der Waals surface area contributed by atoms with E-state index in [1.807, 2.05) is 80.6 Å². The number of aromatic nitrogens is 1. The molecule has 1 aromatic heterocycles. The van der Waals surface area contributed by atoms with Gasteiger partial charge in [0.2, 0.25) is 0 Å². The number of ether oxygens (including phenoxy) is 4. The van der Waals surface area contributed by atoms with Crippen LogP contribution < -0.4 is 29.1 Å². The second kappa shape index (κ2) is 14.9. The Labute approximate surface area is 292 Å². The quantitative estimate of drug-likeness (QED) is 0.129. The molecule has 0 fully saturated rings. The fourth-order valence-electron chi connectivity index (χ4n) is 5.03. The van der Waals surface area contributed by atoms with E-state index >= 15 is 0 Å². The second-order valence-corrected chi connectivity index (χ2v) is 13.3. The SMILES string of the molecule is CCOC(=O)C1=C(C)N=c2s/c(=C\c3cc(I)c(OCc4ccccc4)c(I)c3)c(=O)n2[C@H]1c1ccc(OCC)c(OCC)c1. The Hall–Kier alpha value is -3.17. The highest BCUT2D eigenvalue weighted by Crippen LogP contribution is 2.36. The van der Waals surface area contributed by atoms with Crippen molar-refractivity contribution in [3.63, 3.8) is 0 Å². The smallest absolute Gasteiger partial charge is 0.338 e. The number of hydrogen-bond acceptors (Lipinski definition) is 8. The van der Waals surface area contributed by atoms with Gasteiger partial charge >= 0.3 is 5.97 Å². The molecule has 0 saturated heterocycles. The number of fused-ring (bicyclic) bond motifs is 1. The van der Waals surface area contributed by atoms with Gasteiger partial charge in [-0.1, -0.05) is 47.7 Å². The number of hydrogen-bond donors (Lipinski definition) is 0. The molecule has 1 aliphatic heterocycles. The number of nitrogens with zero attached hydrogens (tertiary/aromatic N) is 2. The fourth-order valence-corrected chi connectivity index (χ4v) is 8.20. The maximum Gasteiger partial charge on any atom is 0.338 e. The molecule has 8 nitrogen and oxygen atoms in total. The van der Waals surface area contributed by atoms with Gasteiger partial charge in [-0.25, -0.2) is 9.79 Å². The van der Waals surface area contributed by atoms with Crippen molar-refractivity contribution in [1.29, 1.82) is 0 Å². The summed E-state index contributed by atoms with van der Waals surface area (Å²) in [4.78, 5) is 32.6. The lowest BCUT2D eigenvalue weighted by Crippen LogP contribution is -2.40. The average molecular weight is 851 g/mol. The number of carbonyl (C=O) groups excluding carboxylic acids is 1. The van der Waals surface area contributed by atoms with Crippen molar-refractivity contribution in [1.82, 2.24) is 4.57 Å². The molecule has 1 atom stereocenters. The summed E-state index contributed by atoms with van der Waals surface area (Å²) < 4.78 is 27.2. The van der Waals surface area contributed by atoms with E-state index in [0.29, 0.717) is 57.5 Å². The lowest BCUT2D eigenvalue weighted by atomic mass is 9.95. The molecule has 5 rings (SSSR count). The number of benzene rings is 3. The van der Waals surface area contributed by atoms with Crippen molar-refractivity contribution < 1.29 is 23.7 Å². The van der Waals surface area contributed by atoms with Crippen molar-refractivity contribution in [2.24, 2.45) is 4.99 Å². The number of thiazole rings is 1. The first kappa shape index (κ1) is 33.2. The molecule has 45 heavy (non-hydrogen) atoms. The first-order valence-electron chi connectivity index (χ1n) is 14.5. The van der Waals surface area contributed by atoms with Crippen LogP contribution in [0.2, 0.25) is 0 Å². The maximum atomic E-state index is 14.1. The van der Waals surface area contributed by atoms with E-state index < -0.39 is 12.0 Å². The van der Waals surface area contributed by atoms with Crippen LogP contribution in [-0.4, -0.2) is 30.4 Å². The van der Waals surface area contributed by atoms with Gasteiger partial charge < -0.3 is 18.9 Å². The van der Waals surface area contributed by atoms with E-state index in [-0.39, 0.29) is 12.2 Å². The molecule has 0 unspecified atom stereocenters. The molecule has 0 amide bonds. The van der Waals surface area contributed by atoms with Crippen LogP contribution in [0.15, 0.2) is 81.7 Å². The third-order valence-electron chi connectivity index (χ3n) is 6.94. The summed E-state index contributed by atoms with van der Waals surface area (Å²) in [5, 5.41) is 0. The normalized spacial score (nSPS) is 14.5. The minimum atomic E-state index is -0.758. The molecule has 3 aromatic carbocycles. The molecular formula is C34H32I2N2O6S. The Bertz CT molecular complexity index is 1910. The van der Waals surface area contributed by atoms with Gasteiger partial charge in [-0.05, 0) is 120 Å². The third kappa shape index (κ3) is 7.30. The number of carbonyl (C=O) groups is 1. The highest BCUT2D eigenvalue weighted by Gasteiger charge is 2.34. The lowest BCUT2D eigenvalue weighted by molar-refractivity contribution is -0.139. The summed E-state index contributed by atoms with van der Waals surface area (Å²) in [5.41, 5.74) is 3.20. The predicted octanol–water partition coefficient (Wildman–Crippen LogP) is 6.38. The molecule has 0 saturated carbocycles. The maximum absolute atomic E-state index is 14.1. The van der Waals surface area contributed by atoms with Crippen LogP contribution >= 0.6 is 56.5 Å². The van der Waals surface area contributed by atoms with Crippen LogP contribution in [0.5, 0.6) is 17.2 Å². The zero-order valence-electron chi connectivity index (χ0n) is 25.3. The second-order valence-electron chi connectivity index (χ2n) is 9.96. The Balaban J connectivity index is 1.59. The van der Waals surface area contributed by atoms with E-state index in [0.717, 1.165) is 24.0 Å². The van der Waals surface area contributed by atoms with E-state index in [2.05, 4.69) is 45.2 Å². The summed E-state index contributed by atoms with van der Waals surface area (Å²) >= 11 is 5.81. The third-order valence-corrected chi connectivity index (χ3v) is 9.53. The van der Waals surface area contributed by atoms with Crippen LogP contribution in [0.3, 0.4) is 0 Å². The molecule has 0 radical (unpaired) electrons. The minimum absolute atomic E-state index is 0.197. The summed E-state index contributed by atoms with van der Waals surface area (Å²) in [7, 11) is 0. The number of allylic oxidation sites excluding steroid dienone is 1. The molecular weight excluding hydrogens is 818 g/mol. The zero-order chi connectivity index (χ0) is 32.1. The highest BCUT2D eigenvalue weighted by atomic mass is 127. The van der Waals surface area contributed by atoms with Gasteiger partial charge in [0.05, 0.1) is 48.8 Å². The Morgan fingerprint density at radius 2 is 1.62 bits per heavy atom. The Morgan fingerprint density at radius 3 is 2.29 bits per heavy atom. The number of halogens is 2. The van der Waals surface area contributed by atoms with Gasteiger partial charge in [0.15, 0.2) is 16.3 Å². The van der Waals surface area contributed by atoms with Crippen LogP contribution in [0.25, 0.3) is 6.08 Å². The molecule has 0 N–H and O–H groups in total. The number of esters is 1. The molecule has 234 valence electrons. The average Bonchev–Trinajstić information content (AvgIpc) is 3.31. The summed E-state index contributed by atoms with van der Waals surface area (Å²) in [5.74, 6) is 1.42. The highest BCUT2D eigenvalue weighted by molar-refractivity contribution is 14.1. The summed E-state index contributed by atoms with van der Waals surface area (Å²) in [6.07, 6.45) is 1.86. The molecule has 0 bridgehead atoms. The molecule has 0 spiro atoms. The van der Waals surface area contributed by atoms with Gasteiger partial charge in [-0.2, -0.15) is 0 Å². The first-order chi connectivity index (χ1) is 21.7. The lowest BCUT2D eigenvalue weighted by Gasteiger charge is -2.25.